The SMILES string of the molecule is CC/C=C\C/C=C\C/C=C\C/C=C\C/C=C\CCCCCCCCCCCCCCCCCC(=O)NC(COC1OC(CO)C(O)C(O)C1O)C(O)/C=C/CC/C=C/CCCC. The number of ether oxygens (including phenoxy) is 2. The van der Waals surface area contributed by atoms with Gasteiger partial charge in [0.1, 0.15) is 24.4 Å². The van der Waals surface area contributed by atoms with E-state index >= 15 is 0 Å². The Morgan fingerprint density at radius 3 is 1.55 bits per heavy atom. The Morgan fingerprint density at radius 2 is 1.02 bits per heavy atom. The van der Waals surface area contributed by atoms with Crippen LogP contribution in [0.3, 0.4) is 0 Å². The van der Waals surface area contributed by atoms with Crippen LogP contribution >= 0.6 is 0 Å². The van der Waals surface area contributed by atoms with Crippen LogP contribution in [0.4, 0.5) is 0 Å². The Balaban J connectivity index is 2.13. The van der Waals surface area contributed by atoms with Crippen molar-refractivity contribution in [1.82, 2.24) is 5.32 Å². The van der Waals surface area contributed by atoms with Crippen LogP contribution in [0.5, 0.6) is 0 Å². The lowest BCUT2D eigenvalue weighted by molar-refractivity contribution is -0.302. The number of allylic oxidation sites excluding steroid dienone is 13. The molecular weight excluding hydrogens is 779 g/mol. The first-order valence-electron chi connectivity index (χ1n) is 24.8. The van der Waals surface area contributed by atoms with Crippen LogP contribution in [-0.4, -0.2) is 87.5 Å². The molecule has 0 aromatic carbocycles. The van der Waals surface area contributed by atoms with Crippen molar-refractivity contribution in [2.75, 3.05) is 13.2 Å². The smallest absolute Gasteiger partial charge is 0.220 e. The average Bonchev–Trinajstić information content (AvgIpc) is 3.27. The predicted molar refractivity (Wildman–Crippen MR) is 258 cm³/mol. The summed E-state index contributed by atoms with van der Waals surface area (Å²) in [6.45, 7) is 3.55. The Hall–Kier alpha value is -2.63. The first kappa shape index (κ1) is 57.4. The minimum absolute atomic E-state index is 0.194. The molecule has 0 bridgehead atoms. The number of carbonyl (C=O) groups excluding carboxylic acids is 1. The van der Waals surface area contributed by atoms with E-state index in [0.29, 0.717) is 6.42 Å². The van der Waals surface area contributed by atoms with Gasteiger partial charge in [-0.2, -0.15) is 0 Å². The zero-order chi connectivity index (χ0) is 45.1. The molecule has 1 fully saturated rings. The normalized spacial score (nSPS) is 21.0. The summed E-state index contributed by atoms with van der Waals surface area (Å²) in [4.78, 5) is 12.9. The van der Waals surface area contributed by atoms with Gasteiger partial charge in [-0.25, -0.2) is 0 Å². The fourth-order valence-electron chi connectivity index (χ4n) is 7.24. The van der Waals surface area contributed by atoms with Crippen LogP contribution in [0.1, 0.15) is 187 Å². The fraction of sp³-hybridized carbons (Fsp3) is 0.717. The van der Waals surface area contributed by atoms with Crippen LogP contribution in [0.15, 0.2) is 85.1 Å². The second-order valence-corrected chi connectivity index (χ2v) is 16.9. The summed E-state index contributed by atoms with van der Waals surface area (Å²) >= 11 is 0. The zero-order valence-corrected chi connectivity index (χ0v) is 39.1. The summed E-state index contributed by atoms with van der Waals surface area (Å²) in [5, 5.41) is 54.0. The van der Waals surface area contributed by atoms with E-state index in [2.05, 4.69) is 92.1 Å². The van der Waals surface area contributed by atoms with Crippen molar-refractivity contribution in [2.45, 2.75) is 230 Å². The quantitative estimate of drug-likeness (QED) is 0.0263. The predicted octanol–water partition coefficient (Wildman–Crippen LogP) is 11.1. The lowest BCUT2D eigenvalue weighted by Gasteiger charge is -2.40. The number of aliphatic hydroxyl groups is 5. The summed E-state index contributed by atoms with van der Waals surface area (Å²) in [5.41, 5.74) is 0. The van der Waals surface area contributed by atoms with Gasteiger partial charge in [0, 0.05) is 6.42 Å². The summed E-state index contributed by atoms with van der Waals surface area (Å²) in [5.74, 6) is -0.194. The highest BCUT2D eigenvalue weighted by atomic mass is 16.7. The van der Waals surface area contributed by atoms with Crippen molar-refractivity contribution in [3.63, 3.8) is 0 Å². The van der Waals surface area contributed by atoms with E-state index in [4.69, 9.17) is 9.47 Å². The lowest BCUT2D eigenvalue weighted by Crippen LogP contribution is -2.60. The number of amides is 1. The number of unbranched alkanes of at least 4 members (excludes halogenated alkanes) is 18. The molecule has 1 aliphatic heterocycles. The summed E-state index contributed by atoms with van der Waals surface area (Å²) < 4.78 is 11.2. The third-order valence-electron chi connectivity index (χ3n) is 11.2. The Bertz CT molecular complexity index is 1240. The summed E-state index contributed by atoms with van der Waals surface area (Å²) in [7, 11) is 0. The molecule has 0 radical (unpaired) electrons. The molecule has 1 saturated heterocycles. The van der Waals surface area contributed by atoms with E-state index in [9.17, 15) is 30.3 Å². The zero-order valence-electron chi connectivity index (χ0n) is 39.1. The van der Waals surface area contributed by atoms with Gasteiger partial charge in [0.05, 0.1) is 25.4 Å². The molecule has 1 heterocycles. The second-order valence-electron chi connectivity index (χ2n) is 16.9. The van der Waals surface area contributed by atoms with Crippen LogP contribution in [0.25, 0.3) is 0 Å². The van der Waals surface area contributed by atoms with E-state index < -0.39 is 49.5 Å². The molecule has 7 atom stereocenters. The van der Waals surface area contributed by atoms with Gasteiger partial charge >= 0.3 is 0 Å². The summed E-state index contributed by atoms with van der Waals surface area (Å²) in [6.07, 6.45) is 52.4. The van der Waals surface area contributed by atoms with E-state index in [-0.39, 0.29) is 12.5 Å². The standard InChI is InChI=1S/C53H91NO8/c1-3-5-7-9-11-13-14-15-16-17-18-19-20-21-22-23-24-25-26-27-28-29-30-31-32-33-34-35-37-39-41-43-49(57)54-46(47(56)42-40-38-36-12-10-8-6-4-2)45-61-53-52(60)51(59)50(58)48(44-55)62-53/h5,7,10-13,15-16,18-19,21-22,40,42,46-48,50-53,55-56,58-60H,3-4,6,8-9,14,17,20,23-39,41,43-45H2,1-2H3,(H,54,57)/b7-5-,12-10+,13-11-,16-15-,19-18-,22-21-,42-40+. The van der Waals surface area contributed by atoms with Gasteiger partial charge in [0.15, 0.2) is 6.29 Å². The first-order chi connectivity index (χ1) is 30.3. The molecule has 0 aromatic rings. The van der Waals surface area contributed by atoms with Gasteiger partial charge in [0.25, 0.3) is 0 Å². The molecule has 6 N–H and O–H groups in total. The maximum Gasteiger partial charge on any atom is 0.220 e. The van der Waals surface area contributed by atoms with Crippen LogP contribution in [0, 0.1) is 0 Å². The highest BCUT2D eigenvalue weighted by Crippen LogP contribution is 2.22. The van der Waals surface area contributed by atoms with Gasteiger partial charge < -0.3 is 40.3 Å². The van der Waals surface area contributed by atoms with Gasteiger partial charge in [-0.1, -0.05) is 195 Å². The fourth-order valence-corrected chi connectivity index (χ4v) is 7.24. The number of carbonyl (C=O) groups is 1. The third kappa shape index (κ3) is 32.1. The molecular formula is C53H91NO8. The van der Waals surface area contributed by atoms with E-state index in [1.54, 1.807) is 6.08 Å². The Labute approximate surface area is 378 Å². The minimum atomic E-state index is -1.57. The number of aliphatic hydroxyl groups excluding tert-OH is 5. The second kappa shape index (κ2) is 42.3. The molecule has 0 aliphatic carbocycles. The van der Waals surface area contributed by atoms with Crippen molar-refractivity contribution < 1.29 is 39.8 Å². The molecule has 7 unspecified atom stereocenters. The van der Waals surface area contributed by atoms with Crippen molar-refractivity contribution in [3.05, 3.63) is 85.1 Å². The molecule has 0 saturated carbocycles. The molecule has 356 valence electrons. The van der Waals surface area contributed by atoms with Gasteiger partial charge in [0.2, 0.25) is 5.91 Å². The van der Waals surface area contributed by atoms with Crippen LogP contribution in [0.2, 0.25) is 0 Å². The summed E-state index contributed by atoms with van der Waals surface area (Å²) in [6, 6.07) is -0.822. The molecule has 62 heavy (non-hydrogen) atoms. The highest BCUT2D eigenvalue weighted by molar-refractivity contribution is 5.76. The van der Waals surface area contributed by atoms with E-state index in [1.807, 2.05) is 6.08 Å². The maximum atomic E-state index is 12.9. The monoisotopic (exact) mass is 870 g/mol. The van der Waals surface area contributed by atoms with Crippen molar-refractivity contribution in [2.24, 2.45) is 0 Å². The number of hydrogen-bond acceptors (Lipinski definition) is 8. The number of rotatable bonds is 40. The number of nitrogens with one attached hydrogen (secondary N) is 1. The first-order valence-corrected chi connectivity index (χ1v) is 24.8. The largest absolute Gasteiger partial charge is 0.394 e. The van der Waals surface area contributed by atoms with Crippen molar-refractivity contribution >= 4 is 5.91 Å². The topological polar surface area (TPSA) is 149 Å². The highest BCUT2D eigenvalue weighted by Gasteiger charge is 2.44. The van der Waals surface area contributed by atoms with Gasteiger partial charge in [-0.05, 0) is 70.6 Å². The molecule has 9 heteroatoms. The third-order valence-corrected chi connectivity index (χ3v) is 11.2. The molecule has 0 spiro atoms. The molecule has 1 rings (SSSR count). The Kier molecular flexibility index (Phi) is 39.2. The minimum Gasteiger partial charge on any atom is -0.394 e. The Morgan fingerprint density at radius 1 is 0.565 bits per heavy atom. The van der Waals surface area contributed by atoms with Gasteiger partial charge in [-0.15, -0.1) is 0 Å². The average molecular weight is 870 g/mol. The van der Waals surface area contributed by atoms with E-state index in [0.717, 1.165) is 83.5 Å². The van der Waals surface area contributed by atoms with E-state index in [1.165, 1.54) is 83.5 Å². The van der Waals surface area contributed by atoms with Crippen LogP contribution < -0.4 is 5.32 Å². The molecule has 0 aromatic heterocycles. The van der Waals surface area contributed by atoms with Crippen LogP contribution in [-0.2, 0) is 14.3 Å². The molecule has 1 aliphatic rings. The van der Waals surface area contributed by atoms with Crippen molar-refractivity contribution in [3.8, 4) is 0 Å². The number of hydrogen-bond donors (Lipinski definition) is 6. The maximum absolute atomic E-state index is 12.9. The van der Waals surface area contributed by atoms with Gasteiger partial charge in [-0.3, -0.25) is 4.79 Å². The molecule has 9 nitrogen and oxygen atoms in total. The van der Waals surface area contributed by atoms with Crippen molar-refractivity contribution in [1.29, 1.82) is 0 Å². The molecule has 1 amide bonds. The lowest BCUT2D eigenvalue weighted by atomic mass is 9.99.